The largest absolute Gasteiger partial charge is 0.493 e. The molecule has 4 fully saturated rings. The van der Waals surface area contributed by atoms with Crippen molar-refractivity contribution in [3.05, 3.63) is 57.4 Å². The maximum Gasteiger partial charge on any atom is 0.343 e. The molecule has 4 saturated carbocycles. The van der Waals surface area contributed by atoms with Crippen LogP contribution < -0.4 is 10.3 Å². The number of hydrogen-bond donors (Lipinski definition) is 4. The van der Waals surface area contributed by atoms with Crippen LogP contribution in [-0.4, -0.2) is 73.4 Å². The van der Waals surface area contributed by atoms with Crippen molar-refractivity contribution in [1.82, 2.24) is 9.55 Å². The van der Waals surface area contributed by atoms with Crippen LogP contribution in [0.2, 0.25) is 0 Å². The molecule has 12 heteroatoms. The third-order valence-electron chi connectivity index (χ3n) is 16.6. The van der Waals surface area contributed by atoms with Gasteiger partial charge in [-0.1, -0.05) is 27.7 Å². The van der Waals surface area contributed by atoms with Crippen molar-refractivity contribution in [3.8, 4) is 17.1 Å². The molecule has 2 aliphatic heterocycles. The van der Waals surface area contributed by atoms with E-state index in [4.69, 9.17) is 19.2 Å². The maximum atomic E-state index is 13.5. The molecule has 9 rings (SSSR count). The highest BCUT2D eigenvalue weighted by atomic mass is 16.6. The average Bonchev–Trinajstić information content (AvgIpc) is 3.76. The van der Waals surface area contributed by atoms with E-state index in [2.05, 4.69) is 20.8 Å². The minimum absolute atomic E-state index is 0.0446. The number of carbonyl (C=O) groups is 2. The fourth-order valence-electron chi connectivity index (χ4n) is 13.2. The Balaban J connectivity index is 0.765. The first-order valence-corrected chi connectivity index (χ1v) is 22.1. The Morgan fingerprint density at radius 3 is 2.64 bits per heavy atom. The molecule has 59 heavy (non-hydrogen) atoms. The van der Waals surface area contributed by atoms with Crippen LogP contribution in [0.15, 0.2) is 35.1 Å². The van der Waals surface area contributed by atoms with Crippen molar-refractivity contribution in [3.63, 3.8) is 0 Å². The zero-order valence-corrected chi connectivity index (χ0v) is 34.8. The Morgan fingerprint density at radius 1 is 1.03 bits per heavy atom. The van der Waals surface area contributed by atoms with E-state index in [1.165, 1.54) is 0 Å². The molecular formula is C47H60N2O10. The maximum absolute atomic E-state index is 13.5. The molecule has 0 amide bonds. The van der Waals surface area contributed by atoms with Crippen molar-refractivity contribution in [2.24, 2.45) is 46.3 Å². The lowest BCUT2D eigenvalue weighted by atomic mass is 9.43. The van der Waals surface area contributed by atoms with Gasteiger partial charge in [0.1, 0.15) is 12.4 Å². The van der Waals surface area contributed by atoms with Gasteiger partial charge in [-0.3, -0.25) is 9.59 Å². The van der Waals surface area contributed by atoms with Crippen molar-refractivity contribution in [1.29, 1.82) is 0 Å². The van der Waals surface area contributed by atoms with E-state index in [0.717, 1.165) is 49.5 Å². The number of benzene rings is 1. The SMILES string of the molecule is CC[C@@]1(O)C(=O)OCc2c1cc1n(c2=O)Cc2cc3cc(OCCCOC(=O)CC[C@@H](C)C4CCC5C6C(O)CC7CC(O)CCC7(C)C6CC(O)C54C)ccc3nc2-1. The molecule has 3 aromatic rings. The van der Waals surface area contributed by atoms with E-state index in [1.807, 2.05) is 24.3 Å². The number of aliphatic hydroxyl groups excluding tert-OH is 3. The van der Waals surface area contributed by atoms with E-state index >= 15 is 0 Å². The number of rotatable bonds is 10. The molecule has 10 unspecified atom stereocenters. The molecule has 318 valence electrons. The van der Waals surface area contributed by atoms with E-state index in [0.29, 0.717) is 67.4 Å². The highest BCUT2D eigenvalue weighted by Gasteiger charge is 2.65. The highest BCUT2D eigenvalue weighted by Crippen LogP contribution is 2.68. The summed E-state index contributed by atoms with van der Waals surface area (Å²) in [5, 5.41) is 45.9. The third kappa shape index (κ3) is 6.45. The van der Waals surface area contributed by atoms with Gasteiger partial charge in [0, 0.05) is 29.4 Å². The first-order chi connectivity index (χ1) is 28.2. The van der Waals surface area contributed by atoms with Gasteiger partial charge in [0.25, 0.3) is 5.56 Å². The van der Waals surface area contributed by atoms with E-state index in [1.54, 1.807) is 17.6 Å². The molecule has 4 N–H and O–H groups in total. The Kier molecular flexibility index (Phi) is 10.3. The number of ether oxygens (including phenoxy) is 3. The minimum atomic E-state index is -1.87. The van der Waals surface area contributed by atoms with Crippen LogP contribution >= 0.6 is 0 Å². The Labute approximate surface area is 345 Å². The zero-order chi connectivity index (χ0) is 41.6. The van der Waals surface area contributed by atoms with Crippen molar-refractivity contribution < 1.29 is 44.2 Å². The summed E-state index contributed by atoms with van der Waals surface area (Å²) in [4.78, 5) is 43.7. The zero-order valence-electron chi connectivity index (χ0n) is 34.8. The van der Waals surface area contributed by atoms with Gasteiger partial charge < -0.3 is 39.2 Å². The second kappa shape index (κ2) is 15.0. The first kappa shape index (κ1) is 40.6. The summed E-state index contributed by atoms with van der Waals surface area (Å²) in [5.74, 6) is 1.14. The number of esters is 2. The molecule has 0 spiro atoms. The van der Waals surface area contributed by atoms with Crippen molar-refractivity contribution >= 4 is 22.8 Å². The molecule has 0 saturated heterocycles. The van der Waals surface area contributed by atoms with Gasteiger partial charge in [0.05, 0.1) is 60.5 Å². The quantitative estimate of drug-likeness (QED) is 0.113. The summed E-state index contributed by atoms with van der Waals surface area (Å²) in [6.45, 7) is 9.24. The molecule has 4 aliphatic carbocycles. The van der Waals surface area contributed by atoms with Crippen molar-refractivity contribution in [2.45, 2.75) is 135 Å². The predicted octanol–water partition coefficient (Wildman–Crippen LogP) is 5.77. The number of aliphatic hydroxyl groups is 4. The smallest absolute Gasteiger partial charge is 0.343 e. The summed E-state index contributed by atoms with van der Waals surface area (Å²) < 4.78 is 18.4. The fourth-order valence-corrected chi connectivity index (χ4v) is 13.2. The van der Waals surface area contributed by atoms with Gasteiger partial charge in [-0.25, -0.2) is 9.78 Å². The molecule has 1 aromatic carbocycles. The molecule has 4 heterocycles. The van der Waals surface area contributed by atoms with Crippen LogP contribution in [0.1, 0.15) is 115 Å². The summed E-state index contributed by atoms with van der Waals surface area (Å²) in [5.41, 5.74) is 0.919. The van der Waals surface area contributed by atoms with Gasteiger partial charge in [-0.15, -0.1) is 0 Å². The first-order valence-electron chi connectivity index (χ1n) is 22.1. The van der Waals surface area contributed by atoms with Crippen LogP contribution in [0.3, 0.4) is 0 Å². The number of cyclic esters (lactones) is 1. The van der Waals surface area contributed by atoms with Crippen LogP contribution in [0.5, 0.6) is 5.75 Å². The number of carbonyl (C=O) groups excluding carboxylic acids is 2. The summed E-state index contributed by atoms with van der Waals surface area (Å²) in [6, 6.07) is 9.29. The predicted molar refractivity (Wildman–Crippen MR) is 218 cm³/mol. The third-order valence-corrected chi connectivity index (χ3v) is 16.6. The molecule has 6 aliphatic rings. The molecule has 0 radical (unpaired) electrons. The summed E-state index contributed by atoms with van der Waals surface area (Å²) >= 11 is 0. The highest BCUT2D eigenvalue weighted by molar-refractivity contribution is 5.87. The topological polar surface area (TPSA) is 178 Å². The number of hydrogen-bond acceptors (Lipinski definition) is 11. The van der Waals surface area contributed by atoms with E-state index < -0.39 is 23.8 Å². The Hall–Kier alpha value is -3.84. The van der Waals surface area contributed by atoms with Crippen LogP contribution in [0, 0.1) is 46.3 Å². The van der Waals surface area contributed by atoms with E-state index in [9.17, 15) is 34.8 Å². The monoisotopic (exact) mass is 812 g/mol. The molecule has 12 nitrogen and oxygen atoms in total. The van der Waals surface area contributed by atoms with Crippen molar-refractivity contribution in [2.75, 3.05) is 13.2 Å². The number of aromatic nitrogens is 2. The lowest BCUT2D eigenvalue weighted by Crippen LogP contribution is -2.62. The number of pyridine rings is 2. The van der Waals surface area contributed by atoms with Gasteiger partial charge in [0.2, 0.25) is 0 Å². The van der Waals surface area contributed by atoms with Gasteiger partial charge in [0.15, 0.2) is 5.60 Å². The fraction of sp³-hybridized carbons (Fsp3) is 0.660. The second-order valence-electron chi connectivity index (χ2n) is 19.4. The standard InChI is InChI=1S/C47H60N2O10/c1-5-47(56)34-21-37-42-27(23-49(37)43(54)31(34)24-59-44(47)55)17-26-18-30(8-11-36(26)48-42)57-15-6-16-58-40(53)12-7-25(2)32-9-10-33-41-35(22-39(52)46(32,33)4)45(3)14-13-29(50)19-28(45)20-38(41)51/h8,11,17-18,21,25,28-29,32-33,35,38-39,41,50-52,56H,5-7,9-10,12-16,19-20,22-24H2,1-4H3/t25-,28?,29?,32?,33?,35?,38?,39?,41?,45?,46?,47+/m1/s1. The van der Waals surface area contributed by atoms with Crippen LogP contribution in [0.4, 0.5) is 0 Å². The van der Waals surface area contributed by atoms with Crippen LogP contribution in [0.25, 0.3) is 22.3 Å². The van der Waals surface area contributed by atoms with Gasteiger partial charge in [-0.2, -0.15) is 0 Å². The van der Waals surface area contributed by atoms with Crippen LogP contribution in [-0.2, 0) is 37.8 Å². The lowest BCUT2D eigenvalue weighted by Gasteiger charge is -2.63. The molecule has 2 aromatic heterocycles. The number of nitrogens with zero attached hydrogens (tertiary/aromatic N) is 2. The molecule has 12 atom stereocenters. The second-order valence-corrected chi connectivity index (χ2v) is 19.4. The summed E-state index contributed by atoms with van der Waals surface area (Å²) in [7, 11) is 0. The average molecular weight is 813 g/mol. The van der Waals surface area contributed by atoms with Gasteiger partial charge >= 0.3 is 11.9 Å². The Morgan fingerprint density at radius 2 is 1.85 bits per heavy atom. The lowest BCUT2D eigenvalue weighted by molar-refractivity contribution is -0.207. The van der Waals surface area contributed by atoms with Gasteiger partial charge in [-0.05, 0) is 134 Å². The normalized spacial score (nSPS) is 36.0. The van der Waals surface area contributed by atoms with E-state index in [-0.39, 0.29) is 88.8 Å². The minimum Gasteiger partial charge on any atom is -0.493 e. The summed E-state index contributed by atoms with van der Waals surface area (Å²) in [6.07, 6.45) is 6.43. The Bertz CT molecular complexity index is 2220. The number of fused-ring (bicyclic) bond motifs is 10. The molecule has 0 bridgehead atoms. The molecular weight excluding hydrogens is 753 g/mol.